The summed E-state index contributed by atoms with van der Waals surface area (Å²) in [6, 6.07) is 0. The molecule has 0 spiro atoms. The van der Waals surface area contributed by atoms with E-state index in [1.807, 2.05) is 13.8 Å². The van der Waals surface area contributed by atoms with Crippen LogP contribution < -0.4 is 11.1 Å². The maximum Gasteiger partial charge on any atom is 0.410 e. The number of ether oxygens (including phenoxy) is 2. The highest BCUT2D eigenvalue weighted by atomic mass is 16.6. The Morgan fingerprint density at radius 2 is 1.95 bits per heavy atom. The average molecular weight is 516 g/mol. The molecule has 12 heteroatoms. The third-order valence-corrected chi connectivity index (χ3v) is 6.03. The van der Waals surface area contributed by atoms with Crippen LogP contribution in [0.1, 0.15) is 65.9 Å². The second kappa shape index (κ2) is 12.7. The number of nitrogens with two attached hydrogens (primary N) is 1. The fourth-order valence-electron chi connectivity index (χ4n) is 4.08. The topological polar surface area (TPSA) is 158 Å². The van der Waals surface area contributed by atoms with Crippen molar-refractivity contribution in [1.82, 2.24) is 29.7 Å². The molecule has 2 amide bonds. The lowest BCUT2D eigenvalue weighted by Crippen LogP contribution is -2.43. The summed E-state index contributed by atoms with van der Waals surface area (Å²) >= 11 is 0. The number of amides is 2. The fraction of sp³-hybridized carbons (Fsp3) is 0.640. The van der Waals surface area contributed by atoms with E-state index in [1.54, 1.807) is 23.3 Å². The number of imidazole rings is 1. The van der Waals surface area contributed by atoms with Gasteiger partial charge in [0.05, 0.1) is 18.5 Å². The summed E-state index contributed by atoms with van der Waals surface area (Å²) in [7, 11) is 0. The Kier molecular flexibility index (Phi) is 9.66. The molecule has 3 heterocycles. The SMILES string of the molecule is CCNC(=O)[C@@H](O[C@H](C)n1cnc2c(N)nc(C#CCC3CCN(C(=O)OC(C)C)CC3)nc21)C(C)O. The van der Waals surface area contributed by atoms with Gasteiger partial charge in [-0.25, -0.2) is 19.7 Å². The van der Waals surface area contributed by atoms with E-state index >= 15 is 0 Å². The van der Waals surface area contributed by atoms with E-state index in [9.17, 15) is 14.7 Å². The molecule has 2 aromatic heterocycles. The molecule has 1 aliphatic rings. The largest absolute Gasteiger partial charge is 0.447 e. The molecule has 37 heavy (non-hydrogen) atoms. The minimum Gasteiger partial charge on any atom is -0.447 e. The molecule has 1 fully saturated rings. The fourth-order valence-corrected chi connectivity index (χ4v) is 4.08. The van der Waals surface area contributed by atoms with Crippen molar-refractivity contribution in [2.75, 3.05) is 25.4 Å². The molecule has 0 aromatic carbocycles. The van der Waals surface area contributed by atoms with Crippen LogP contribution in [-0.4, -0.2) is 79.5 Å². The molecular weight excluding hydrogens is 478 g/mol. The number of nitrogens with one attached hydrogen (secondary N) is 1. The summed E-state index contributed by atoms with van der Waals surface area (Å²) in [5.74, 6) is 6.54. The summed E-state index contributed by atoms with van der Waals surface area (Å²) in [5, 5.41) is 12.7. The Morgan fingerprint density at radius 1 is 1.24 bits per heavy atom. The van der Waals surface area contributed by atoms with Crippen LogP contribution in [-0.2, 0) is 14.3 Å². The monoisotopic (exact) mass is 515 g/mol. The Morgan fingerprint density at radius 3 is 2.57 bits per heavy atom. The number of anilines is 1. The Hall–Kier alpha value is -3.43. The van der Waals surface area contributed by atoms with Crippen LogP contribution in [0.15, 0.2) is 6.33 Å². The molecule has 1 saturated heterocycles. The Bertz CT molecular complexity index is 1150. The van der Waals surface area contributed by atoms with E-state index in [0.29, 0.717) is 43.1 Å². The van der Waals surface area contributed by atoms with Gasteiger partial charge in [0.25, 0.3) is 5.91 Å². The number of aliphatic hydroxyl groups excluding tert-OH is 1. The highest BCUT2D eigenvalue weighted by molar-refractivity contribution is 5.82. The van der Waals surface area contributed by atoms with Crippen molar-refractivity contribution in [2.24, 2.45) is 5.92 Å². The number of fused-ring (bicyclic) bond motifs is 1. The molecule has 1 unspecified atom stereocenters. The van der Waals surface area contributed by atoms with Gasteiger partial charge in [-0.1, -0.05) is 5.92 Å². The van der Waals surface area contributed by atoms with Gasteiger partial charge in [-0.3, -0.25) is 9.36 Å². The highest BCUT2D eigenvalue weighted by Crippen LogP contribution is 2.23. The van der Waals surface area contributed by atoms with Gasteiger partial charge in [0, 0.05) is 26.1 Å². The van der Waals surface area contributed by atoms with E-state index in [4.69, 9.17) is 15.2 Å². The molecule has 202 valence electrons. The number of nitrogens with zero attached hydrogens (tertiary/aromatic N) is 5. The number of likely N-dealkylation sites (tertiary alicyclic amines) is 1. The number of aromatic nitrogens is 4. The van der Waals surface area contributed by atoms with Crippen LogP contribution in [0.2, 0.25) is 0 Å². The van der Waals surface area contributed by atoms with E-state index in [-0.39, 0.29) is 23.8 Å². The molecule has 1 aliphatic heterocycles. The van der Waals surface area contributed by atoms with Crippen LogP contribution in [0.5, 0.6) is 0 Å². The number of likely N-dealkylation sites (N-methyl/N-ethyl adjacent to an activating group) is 1. The van der Waals surface area contributed by atoms with Crippen molar-refractivity contribution >= 4 is 29.0 Å². The average Bonchev–Trinajstić information content (AvgIpc) is 3.27. The number of aliphatic hydroxyl groups is 1. The van der Waals surface area contributed by atoms with Gasteiger partial charge in [-0.2, -0.15) is 0 Å². The second-order valence-electron chi connectivity index (χ2n) is 9.42. The second-order valence-corrected chi connectivity index (χ2v) is 9.42. The van der Waals surface area contributed by atoms with Crippen molar-refractivity contribution in [3.8, 4) is 11.8 Å². The van der Waals surface area contributed by atoms with Gasteiger partial charge < -0.3 is 30.5 Å². The van der Waals surface area contributed by atoms with Gasteiger partial charge in [-0.05, 0) is 59.3 Å². The van der Waals surface area contributed by atoms with Crippen LogP contribution in [0.4, 0.5) is 10.6 Å². The van der Waals surface area contributed by atoms with Gasteiger partial charge in [0.15, 0.2) is 17.6 Å². The van der Waals surface area contributed by atoms with Crippen molar-refractivity contribution in [2.45, 2.75) is 78.4 Å². The lowest BCUT2D eigenvalue weighted by Gasteiger charge is -2.31. The number of hydrogen-bond acceptors (Lipinski definition) is 9. The summed E-state index contributed by atoms with van der Waals surface area (Å²) in [6.07, 6.45) is 0.701. The van der Waals surface area contributed by atoms with E-state index < -0.39 is 24.3 Å². The number of nitrogen functional groups attached to an aromatic ring is 1. The lowest BCUT2D eigenvalue weighted by molar-refractivity contribution is -0.150. The number of carbonyl (C=O) groups excluding carboxylic acids is 2. The first-order chi connectivity index (χ1) is 17.6. The van der Waals surface area contributed by atoms with E-state index in [2.05, 4.69) is 32.1 Å². The summed E-state index contributed by atoms with van der Waals surface area (Å²) in [5.41, 5.74) is 6.93. The first-order valence-electron chi connectivity index (χ1n) is 12.7. The Labute approximate surface area is 216 Å². The van der Waals surface area contributed by atoms with Crippen LogP contribution >= 0.6 is 0 Å². The molecule has 4 N–H and O–H groups in total. The molecule has 2 aromatic rings. The van der Waals surface area contributed by atoms with Crippen molar-refractivity contribution in [3.05, 3.63) is 12.2 Å². The van der Waals surface area contributed by atoms with Crippen LogP contribution in [0, 0.1) is 17.8 Å². The minimum absolute atomic E-state index is 0.132. The maximum atomic E-state index is 12.3. The van der Waals surface area contributed by atoms with E-state index in [1.165, 1.54) is 13.3 Å². The predicted octanol–water partition coefficient (Wildman–Crippen LogP) is 1.83. The number of carbonyl (C=O) groups is 2. The maximum absolute atomic E-state index is 12.3. The molecule has 0 aliphatic carbocycles. The molecular formula is C25H37N7O5. The zero-order valence-corrected chi connectivity index (χ0v) is 22.1. The summed E-state index contributed by atoms with van der Waals surface area (Å²) < 4.78 is 12.7. The van der Waals surface area contributed by atoms with Crippen LogP contribution in [0.3, 0.4) is 0 Å². The van der Waals surface area contributed by atoms with Crippen molar-refractivity contribution < 1.29 is 24.2 Å². The first kappa shape index (κ1) is 28.1. The Balaban J connectivity index is 1.68. The molecule has 0 radical (unpaired) electrons. The molecule has 0 bridgehead atoms. The lowest BCUT2D eigenvalue weighted by atomic mass is 9.94. The molecule has 3 rings (SSSR count). The molecule has 12 nitrogen and oxygen atoms in total. The highest BCUT2D eigenvalue weighted by Gasteiger charge is 2.28. The van der Waals surface area contributed by atoms with Gasteiger partial charge in [0.1, 0.15) is 11.7 Å². The summed E-state index contributed by atoms with van der Waals surface area (Å²) in [6.45, 7) is 10.4. The smallest absolute Gasteiger partial charge is 0.410 e. The third kappa shape index (κ3) is 7.30. The zero-order chi connectivity index (χ0) is 27.1. The first-order valence-corrected chi connectivity index (χ1v) is 12.7. The van der Waals surface area contributed by atoms with Crippen molar-refractivity contribution in [3.63, 3.8) is 0 Å². The standard InChI is InChI=1S/C25H37N7O5/c1-6-27-24(34)21(16(4)33)37-17(5)32-14-28-20-22(26)29-19(30-23(20)32)9-7-8-18-10-12-31(13-11-18)25(35)36-15(2)3/h14-18,21,33H,6,8,10-13H2,1-5H3,(H,27,34)(H2,26,29,30)/t16?,17-,21+/m1/s1. The van der Waals surface area contributed by atoms with Gasteiger partial charge in [-0.15, -0.1) is 0 Å². The van der Waals surface area contributed by atoms with Gasteiger partial charge in [0.2, 0.25) is 5.82 Å². The van der Waals surface area contributed by atoms with E-state index in [0.717, 1.165) is 12.8 Å². The molecule has 3 atom stereocenters. The number of rotatable bonds is 8. The minimum atomic E-state index is -1.07. The van der Waals surface area contributed by atoms with Gasteiger partial charge >= 0.3 is 6.09 Å². The third-order valence-electron chi connectivity index (χ3n) is 6.03. The zero-order valence-electron chi connectivity index (χ0n) is 22.1. The number of piperidine rings is 1. The van der Waals surface area contributed by atoms with Crippen LogP contribution in [0.25, 0.3) is 11.2 Å². The summed E-state index contributed by atoms with van der Waals surface area (Å²) in [4.78, 5) is 39.2. The molecule has 0 saturated carbocycles. The quantitative estimate of drug-likeness (QED) is 0.446. The number of hydrogen-bond donors (Lipinski definition) is 3. The predicted molar refractivity (Wildman–Crippen MR) is 137 cm³/mol. The normalized spacial score (nSPS) is 16.7. The van der Waals surface area contributed by atoms with Crippen molar-refractivity contribution in [1.29, 1.82) is 0 Å².